The summed E-state index contributed by atoms with van der Waals surface area (Å²) >= 11 is 0. The van der Waals surface area contributed by atoms with E-state index in [0.29, 0.717) is 17.5 Å². The van der Waals surface area contributed by atoms with Crippen LogP contribution >= 0.6 is 0 Å². The number of nitrogens with zero attached hydrogens (tertiary/aromatic N) is 3. The Balaban J connectivity index is 1.72. The molecule has 1 atom stereocenters. The van der Waals surface area contributed by atoms with Crippen LogP contribution in [-0.2, 0) is 0 Å². The first-order valence-corrected chi connectivity index (χ1v) is 7.90. The first-order chi connectivity index (χ1) is 10.5. The van der Waals surface area contributed by atoms with E-state index in [2.05, 4.69) is 40.1 Å². The predicted octanol–water partition coefficient (Wildman–Crippen LogP) is 2.58. The zero-order valence-electron chi connectivity index (χ0n) is 13.4. The standard InChI is InChI=1S/C16H23N5O/c1-10(2)15-17-8-14(18-15)16(22)21-6-4-5-12(9-21)13-7-11(3)19-20-13/h7-8,10,12H,4-6,9H2,1-3H3,(H,17,18)(H,19,20)/t12-/m1/s1. The third-order valence-corrected chi connectivity index (χ3v) is 4.23. The number of aryl methyl sites for hydroxylation is 1. The Morgan fingerprint density at radius 1 is 1.45 bits per heavy atom. The summed E-state index contributed by atoms with van der Waals surface area (Å²) in [6.07, 6.45) is 3.74. The van der Waals surface area contributed by atoms with Gasteiger partial charge in [-0.1, -0.05) is 13.8 Å². The highest BCUT2D eigenvalue weighted by Gasteiger charge is 2.27. The van der Waals surface area contributed by atoms with E-state index in [4.69, 9.17) is 0 Å². The summed E-state index contributed by atoms with van der Waals surface area (Å²) in [4.78, 5) is 22.0. The van der Waals surface area contributed by atoms with E-state index in [1.165, 1.54) is 0 Å². The summed E-state index contributed by atoms with van der Waals surface area (Å²) in [5.74, 6) is 1.51. The van der Waals surface area contributed by atoms with Gasteiger partial charge < -0.3 is 9.88 Å². The topological polar surface area (TPSA) is 77.7 Å². The number of hydrogen-bond donors (Lipinski definition) is 2. The van der Waals surface area contributed by atoms with Crippen LogP contribution in [0.2, 0.25) is 0 Å². The summed E-state index contributed by atoms with van der Waals surface area (Å²) in [7, 11) is 0. The molecule has 0 aliphatic carbocycles. The van der Waals surface area contributed by atoms with Crippen molar-refractivity contribution in [3.05, 3.63) is 35.2 Å². The molecular formula is C16H23N5O. The molecule has 1 aliphatic rings. The minimum Gasteiger partial charge on any atom is -0.338 e. The Kier molecular flexibility index (Phi) is 4.00. The molecule has 6 heteroatoms. The number of likely N-dealkylation sites (tertiary alicyclic amines) is 1. The van der Waals surface area contributed by atoms with Gasteiger partial charge in [0.2, 0.25) is 0 Å². The van der Waals surface area contributed by atoms with Gasteiger partial charge in [-0.25, -0.2) is 4.98 Å². The van der Waals surface area contributed by atoms with Crippen LogP contribution in [0.3, 0.4) is 0 Å². The molecule has 1 amide bonds. The van der Waals surface area contributed by atoms with Gasteiger partial charge in [-0.05, 0) is 25.8 Å². The lowest BCUT2D eigenvalue weighted by Gasteiger charge is -2.31. The van der Waals surface area contributed by atoms with Crippen LogP contribution in [0.1, 0.15) is 66.2 Å². The minimum atomic E-state index is 0.0383. The number of carbonyl (C=O) groups is 1. The number of carbonyl (C=O) groups excluding carboxylic acids is 1. The van der Waals surface area contributed by atoms with Crippen molar-refractivity contribution in [3.63, 3.8) is 0 Å². The van der Waals surface area contributed by atoms with Crippen molar-refractivity contribution < 1.29 is 4.79 Å². The molecule has 3 heterocycles. The van der Waals surface area contributed by atoms with Crippen LogP contribution in [0, 0.1) is 6.92 Å². The number of aromatic nitrogens is 4. The first-order valence-electron chi connectivity index (χ1n) is 7.90. The van der Waals surface area contributed by atoms with E-state index in [9.17, 15) is 4.79 Å². The second-order valence-electron chi connectivity index (χ2n) is 6.40. The van der Waals surface area contributed by atoms with Gasteiger partial charge in [0, 0.05) is 30.6 Å². The number of hydrogen-bond acceptors (Lipinski definition) is 3. The van der Waals surface area contributed by atoms with Gasteiger partial charge in [-0.15, -0.1) is 0 Å². The van der Waals surface area contributed by atoms with Crippen LogP contribution in [0.15, 0.2) is 12.3 Å². The zero-order valence-corrected chi connectivity index (χ0v) is 13.4. The highest BCUT2D eigenvalue weighted by atomic mass is 16.2. The van der Waals surface area contributed by atoms with Gasteiger partial charge in [0.15, 0.2) is 0 Å². The fraction of sp³-hybridized carbons (Fsp3) is 0.562. The van der Waals surface area contributed by atoms with E-state index in [1.807, 2.05) is 11.8 Å². The molecule has 2 aromatic heterocycles. The molecule has 0 bridgehead atoms. The number of piperidine rings is 1. The fourth-order valence-corrected chi connectivity index (χ4v) is 2.96. The van der Waals surface area contributed by atoms with Crippen molar-refractivity contribution in [3.8, 4) is 0 Å². The smallest absolute Gasteiger partial charge is 0.271 e. The van der Waals surface area contributed by atoms with E-state index in [-0.39, 0.29) is 5.91 Å². The SMILES string of the molecule is Cc1cc([C@@H]2CCCN(C(=O)c3cnc(C(C)C)[nH]3)C2)n[nH]1. The van der Waals surface area contributed by atoms with Crippen molar-refractivity contribution in [2.75, 3.05) is 13.1 Å². The average molecular weight is 301 g/mol. The second-order valence-corrected chi connectivity index (χ2v) is 6.40. The lowest BCUT2D eigenvalue weighted by atomic mass is 9.94. The number of imidazole rings is 1. The van der Waals surface area contributed by atoms with Gasteiger partial charge >= 0.3 is 0 Å². The molecule has 22 heavy (non-hydrogen) atoms. The second kappa shape index (κ2) is 5.94. The molecule has 2 aromatic rings. The predicted molar refractivity (Wildman–Crippen MR) is 83.9 cm³/mol. The maximum Gasteiger partial charge on any atom is 0.271 e. The molecule has 3 rings (SSSR count). The van der Waals surface area contributed by atoms with E-state index < -0.39 is 0 Å². The lowest BCUT2D eigenvalue weighted by molar-refractivity contribution is 0.0700. The van der Waals surface area contributed by atoms with Crippen LogP contribution in [0.25, 0.3) is 0 Å². The van der Waals surface area contributed by atoms with E-state index in [1.54, 1.807) is 6.20 Å². The third-order valence-electron chi connectivity index (χ3n) is 4.23. The molecular weight excluding hydrogens is 278 g/mol. The van der Waals surface area contributed by atoms with Crippen molar-refractivity contribution in [1.82, 2.24) is 25.1 Å². The Bertz CT molecular complexity index is 657. The van der Waals surface area contributed by atoms with E-state index >= 15 is 0 Å². The number of amides is 1. The minimum absolute atomic E-state index is 0.0383. The molecule has 0 spiro atoms. The summed E-state index contributed by atoms with van der Waals surface area (Å²) in [6, 6.07) is 2.08. The lowest BCUT2D eigenvalue weighted by Crippen LogP contribution is -2.39. The number of nitrogens with one attached hydrogen (secondary N) is 2. The van der Waals surface area contributed by atoms with Gasteiger partial charge in [0.1, 0.15) is 11.5 Å². The van der Waals surface area contributed by atoms with Crippen molar-refractivity contribution in [1.29, 1.82) is 0 Å². The number of rotatable bonds is 3. The Labute approximate surface area is 130 Å². The normalized spacial score (nSPS) is 18.9. The van der Waals surface area contributed by atoms with Gasteiger partial charge in [-0.3, -0.25) is 9.89 Å². The van der Waals surface area contributed by atoms with Gasteiger partial charge in [0.25, 0.3) is 5.91 Å². The molecule has 118 valence electrons. The molecule has 6 nitrogen and oxygen atoms in total. The highest BCUT2D eigenvalue weighted by molar-refractivity contribution is 5.92. The van der Waals surface area contributed by atoms with Crippen LogP contribution in [0.5, 0.6) is 0 Å². The van der Waals surface area contributed by atoms with E-state index in [0.717, 1.165) is 43.1 Å². The maximum atomic E-state index is 12.6. The summed E-state index contributed by atoms with van der Waals surface area (Å²) in [5, 5.41) is 7.34. The third kappa shape index (κ3) is 2.91. The molecule has 1 fully saturated rings. The summed E-state index contributed by atoms with van der Waals surface area (Å²) in [6.45, 7) is 7.64. The molecule has 0 radical (unpaired) electrons. The van der Waals surface area contributed by atoms with Gasteiger partial charge in [-0.2, -0.15) is 5.10 Å². The zero-order chi connectivity index (χ0) is 15.7. The van der Waals surface area contributed by atoms with Crippen LogP contribution in [-0.4, -0.2) is 44.1 Å². The fourth-order valence-electron chi connectivity index (χ4n) is 2.96. The highest BCUT2D eigenvalue weighted by Crippen LogP contribution is 2.26. The average Bonchev–Trinajstić information content (AvgIpc) is 3.15. The van der Waals surface area contributed by atoms with Crippen molar-refractivity contribution in [2.24, 2.45) is 0 Å². The van der Waals surface area contributed by atoms with Crippen molar-refractivity contribution in [2.45, 2.75) is 45.4 Å². The summed E-state index contributed by atoms with van der Waals surface area (Å²) in [5.41, 5.74) is 2.71. The molecule has 0 unspecified atom stereocenters. The molecule has 0 saturated carbocycles. The quantitative estimate of drug-likeness (QED) is 0.914. The molecule has 1 aliphatic heterocycles. The van der Waals surface area contributed by atoms with Crippen LogP contribution in [0.4, 0.5) is 0 Å². The maximum absolute atomic E-state index is 12.6. The largest absolute Gasteiger partial charge is 0.338 e. The molecule has 0 aromatic carbocycles. The monoisotopic (exact) mass is 301 g/mol. The Morgan fingerprint density at radius 2 is 2.27 bits per heavy atom. The Hall–Kier alpha value is -2.11. The molecule has 1 saturated heterocycles. The Morgan fingerprint density at radius 3 is 2.91 bits per heavy atom. The van der Waals surface area contributed by atoms with Crippen molar-refractivity contribution >= 4 is 5.91 Å². The van der Waals surface area contributed by atoms with Gasteiger partial charge in [0.05, 0.1) is 11.9 Å². The summed E-state index contributed by atoms with van der Waals surface area (Å²) < 4.78 is 0. The van der Waals surface area contributed by atoms with Crippen LogP contribution < -0.4 is 0 Å². The number of H-pyrrole nitrogens is 2. The first kappa shape index (κ1) is 14.8. The number of aromatic amines is 2. The molecule has 2 N–H and O–H groups in total.